The van der Waals surface area contributed by atoms with Gasteiger partial charge in [-0.1, -0.05) is 0 Å². The summed E-state index contributed by atoms with van der Waals surface area (Å²) in [5, 5.41) is 7.73. The van der Waals surface area contributed by atoms with Gasteiger partial charge in [0.1, 0.15) is 5.60 Å². The standard InChI is InChI=1S/C15H25N5O4/c1-10-9-11(21)19-12(18-10)20-13(22)16-7-5-6-8-17-14(23)24-15(2,3)4/h9H,5-8H2,1-4H3,(H,17,23)(H3,16,18,19,20,21,22). The summed E-state index contributed by atoms with van der Waals surface area (Å²) >= 11 is 0. The molecule has 0 fully saturated rings. The second-order valence-electron chi connectivity index (χ2n) is 6.27. The van der Waals surface area contributed by atoms with Crippen molar-refractivity contribution in [1.29, 1.82) is 0 Å². The van der Waals surface area contributed by atoms with Crippen molar-refractivity contribution in [1.82, 2.24) is 20.6 Å². The Morgan fingerprint density at radius 3 is 2.42 bits per heavy atom. The van der Waals surface area contributed by atoms with Crippen LogP contribution in [-0.2, 0) is 4.74 Å². The van der Waals surface area contributed by atoms with E-state index in [4.69, 9.17) is 4.74 Å². The number of alkyl carbamates (subject to hydrolysis) is 1. The van der Waals surface area contributed by atoms with Crippen LogP contribution in [0.2, 0.25) is 0 Å². The largest absolute Gasteiger partial charge is 0.444 e. The number of anilines is 1. The van der Waals surface area contributed by atoms with E-state index in [0.717, 1.165) is 0 Å². The third-order valence-electron chi connectivity index (χ3n) is 2.67. The van der Waals surface area contributed by atoms with E-state index < -0.39 is 23.3 Å². The van der Waals surface area contributed by atoms with Gasteiger partial charge in [-0.3, -0.25) is 10.1 Å². The lowest BCUT2D eigenvalue weighted by Crippen LogP contribution is -2.34. The van der Waals surface area contributed by atoms with Crippen molar-refractivity contribution in [3.8, 4) is 0 Å². The first kappa shape index (κ1) is 19.5. The maximum Gasteiger partial charge on any atom is 0.407 e. The molecular weight excluding hydrogens is 314 g/mol. The molecule has 0 radical (unpaired) electrons. The number of rotatable bonds is 6. The Kier molecular flexibility index (Phi) is 7.22. The predicted octanol–water partition coefficient (Wildman–Crippen LogP) is 1.50. The molecule has 0 bridgehead atoms. The highest BCUT2D eigenvalue weighted by Gasteiger charge is 2.15. The number of nitrogens with one attached hydrogen (secondary N) is 4. The number of carbonyl (C=O) groups excluding carboxylic acids is 2. The van der Waals surface area contributed by atoms with E-state index >= 15 is 0 Å². The minimum absolute atomic E-state index is 0.101. The highest BCUT2D eigenvalue weighted by Crippen LogP contribution is 2.06. The number of aryl methyl sites for hydroxylation is 1. The van der Waals surface area contributed by atoms with E-state index in [0.29, 0.717) is 31.6 Å². The summed E-state index contributed by atoms with van der Waals surface area (Å²) < 4.78 is 5.10. The molecule has 0 aliphatic carbocycles. The molecule has 0 atom stereocenters. The van der Waals surface area contributed by atoms with Gasteiger partial charge in [-0.15, -0.1) is 0 Å². The van der Waals surface area contributed by atoms with Crippen LogP contribution in [-0.4, -0.2) is 40.8 Å². The first-order chi connectivity index (χ1) is 11.2. The minimum atomic E-state index is -0.519. The van der Waals surface area contributed by atoms with Gasteiger partial charge < -0.3 is 20.4 Å². The number of unbranched alkanes of at least 4 members (excludes halogenated alkanes) is 1. The van der Waals surface area contributed by atoms with Crippen molar-refractivity contribution < 1.29 is 14.3 Å². The molecule has 1 heterocycles. The number of aromatic nitrogens is 2. The van der Waals surface area contributed by atoms with E-state index in [-0.39, 0.29) is 5.95 Å². The second-order valence-corrected chi connectivity index (χ2v) is 6.27. The molecular formula is C15H25N5O4. The Balaban J connectivity index is 2.16. The Hall–Kier alpha value is -2.58. The van der Waals surface area contributed by atoms with Gasteiger partial charge in [-0.05, 0) is 40.5 Å². The molecule has 0 aliphatic heterocycles. The Morgan fingerprint density at radius 1 is 1.21 bits per heavy atom. The molecule has 9 nitrogen and oxygen atoms in total. The smallest absolute Gasteiger partial charge is 0.407 e. The van der Waals surface area contributed by atoms with Crippen molar-refractivity contribution in [2.45, 2.75) is 46.1 Å². The van der Waals surface area contributed by atoms with Crippen LogP contribution >= 0.6 is 0 Å². The number of nitrogens with zero attached hydrogens (tertiary/aromatic N) is 1. The molecule has 0 saturated heterocycles. The lowest BCUT2D eigenvalue weighted by atomic mass is 10.2. The molecule has 0 aromatic carbocycles. The molecule has 1 aromatic rings. The van der Waals surface area contributed by atoms with E-state index in [9.17, 15) is 14.4 Å². The van der Waals surface area contributed by atoms with E-state index in [1.54, 1.807) is 27.7 Å². The number of ether oxygens (including phenoxy) is 1. The van der Waals surface area contributed by atoms with Gasteiger partial charge in [-0.2, -0.15) is 4.98 Å². The van der Waals surface area contributed by atoms with E-state index in [1.165, 1.54) is 6.07 Å². The molecule has 0 aliphatic rings. The van der Waals surface area contributed by atoms with E-state index in [2.05, 4.69) is 25.9 Å². The lowest BCUT2D eigenvalue weighted by Gasteiger charge is -2.19. The molecule has 1 aromatic heterocycles. The average molecular weight is 339 g/mol. The van der Waals surface area contributed by atoms with Crippen LogP contribution in [0.3, 0.4) is 0 Å². The van der Waals surface area contributed by atoms with Crippen molar-refractivity contribution in [2.24, 2.45) is 0 Å². The van der Waals surface area contributed by atoms with Gasteiger partial charge in [0.15, 0.2) is 0 Å². The normalized spacial score (nSPS) is 10.8. The molecule has 0 unspecified atom stereocenters. The number of hydrogen-bond donors (Lipinski definition) is 4. The Bertz CT molecular complexity index is 621. The molecule has 9 heteroatoms. The van der Waals surface area contributed by atoms with Crippen molar-refractivity contribution in [2.75, 3.05) is 18.4 Å². The topological polar surface area (TPSA) is 125 Å². The lowest BCUT2D eigenvalue weighted by molar-refractivity contribution is 0.0527. The highest BCUT2D eigenvalue weighted by molar-refractivity contribution is 5.87. The van der Waals surface area contributed by atoms with Crippen molar-refractivity contribution in [3.63, 3.8) is 0 Å². The summed E-state index contributed by atoms with van der Waals surface area (Å²) in [7, 11) is 0. The molecule has 4 N–H and O–H groups in total. The van der Waals surface area contributed by atoms with Crippen LogP contribution < -0.4 is 21.5 Å². The SMILES string of the molecule is Cc1cc(=O)nc(NC(=O)NCCCCNC(=O)OC(C)(C)C)[nH]1. The molecule has 24 heavy (non-hydrogen) atoms. The zero-order valence-electron chi connectivity index (χ0n) is 14.5. The van der Waals surface area contributed by atoms with Crippen molar-refractivity contribution >= 4 is 18.1 Å². The average Bonchev–Trinajstić information content (AvgIpc) is 2.39. The number of urea groups is 1. The maximum absolute atomic E-state index is 11.7. The summed E-state index contributed by atoms with van der Waals surface area (Å²) in [6.45, 7) is 7.98. The number of aromatic amines is 1. The van der Waals surface area contributed by atoms with E-state index in [1.807, 2.05) is 0 Å². The Morgan fingerprint density at radius 2 is 1.83 bits per heavy atom. The molecule has 3 amide bonds. The van der Waals surface area contributed by atoms with Gasteiger partial charge in [0.25, 0.3) is 5.56 Å². The minimum Gasteiger partial charge on any atom is -0.444 e. The fraction of sp³-hybridized carbons (Fsp3) is 0.600. The number of amides is 3. The summed E-state index contributed by atoms with van der Waals surface area (Å²) in [6, 6.07) is 0.879. The third kappa shape index (κ3) is 8.76. The summed E-state index contributed by atoms with van der Waals surface area (Å²) in [4.78, 5) is 40.7. The summed E-state index contributed by atoms with van der Waals surface area (Å²) in [5.74, 6) is 0.101. The van der Waals surface area contributed by atoms with Crippen molar-refractivity contribution in [3.05, 3.63) is 22.1 Å². The first-order valence-electron chi connectivity index (χ1n) is 7.75. The van der Waals surface area contributed by atoms with Gasteiger partial charge in [-0.25, -0.2) is 9.59 Å². The van der Waals surface area contributed by atoms with Gasteiger partial charge in [0.2, 0.25) is 5.95 Å². The number of hydrogen-bond acceptors (Lipinski definition) is 5. The molecule has 0 spiro atoms. The Labute approximate surface area is 140 Å². The van der Waals surface area contributed by atoms with Gasteiger partial charge in [0, 0.05) is 24.8 Å². The predicted molar refractivity (Wildman–Crippen MR) is 90.1 cm³/mol. The highest BCUT2D eigenvalue weighted by atomic mass is 16.6. The van der Waals surface area contributed by atoms with Crippen LogP contribution in [0.25, 0.3) is 0 Å². The second kappa shape index (κ2) is 8.90. The first-order valence-corrected chi connectivity index (χ1v) is 7.75. The molecule has 1 rings (SSSR count). The summed E-state index contributed by atoms with van der Waals surface area (Å²) in [5.41, 5.74) is -0.331. The molecule has 134 valence electrons. The zero-order valence-corrected chi connectivity index (χ0v) is 14.5. The van der Waals surface area contributed by atoms with Gasteiger partial charge in [0.05, 0.1) is 0 Å². The van der Waals surface area contributed by atoms with Gasteiger partial charge >= 0.3 is 12.1 Å². The van der Waals surface area contributed by atoms with Crippen LogP contribution in [0.5, 0.6) is 0 Å². The van der Waals surface area contributed by atoms with Crippen LogP contribution in [0.15, 0.2) is 10.9 Å². The third-order valence-corrected chi connectivity index (χ3v) is 2.67. The fourth-order valence-corrected chi connectivity index (χ4v) is 1.75. The monoisotopic (exact) mass is 339 g/mol. The number of carbonyl (C=O) groups is 2. The van der Waals surface area contributed by atoms with Crippen LogP contribution in [0.4, 0.5) is 15.5 Å². The van der Waals surface area contributed by atoms with Crippen LogP contribution in [0.1, 0.15) is 39.3 Å². The maximum atomic E-state index is 11.7. The quantitative estimate of drug-likeness (QED) is 0.585. The molecule has 0 saturated carbocycles. The zero-order chi connectivity index (χ0) is 18.2. The summed E-state index contributed by atoms with van der Waals surface area (Å²) in [6.07, 6.45) is 0.919. The fourth-order valence-electron chi connectivity index (χ4n) is 1.75. The number of H-pyrrole nitrogens is 1. The van der Waals surface area contributed by atoms with Crippen LogP contribution in [0, 0.1) is 6.92 Å².